The molecule has 1 aromatic carbocycles. The van der Waals surface area contributed by atoms with Crippen LogP contribution < -0.4 is 15.8 Å². The second-order valence-electron chi connectivity index (χ2n) is 9.00. The maximum absolute atomic E-state index is 12.8. The van der Waals surface area contributed by atoms with Gasteiger partial charge in [0.1, 0.15) is 10.8 Å². The van der Waals surface area contributed by atoms with Crippen LogP contribution in [0, 0.1) is 6.92 Å². The third-order valence-electron chi connectivity index (χ3n) is 5.20. The number of rotatable bonds is 9. The number of primary amides is 1. The van der Waals surface area contributed by atoms with Gasteiger partial charge >= 0.3 is 5.97 Å². The minimum Gasteiger partial charge on any atom is -0.471 e. The van der Waals surface area contributed by atoms with Gasteiger partial charge in [0.05, 0.1) is 17.0 Å². The molecule has 0 aliphatic rings. The Kier molecular flexibility index (Phi) is 7.96. The molecule has 0 radical (unpaired) electrons. The van der Waals surface area contributed by atoms with E-state index in [2.05, 4.69) is 31.2 Å². The van der Waals surface area contributed by atoms with Crippen molar-refractivity contribution in [2.45, 2.75) is 53.2 Å². The summed E-state index contributed by atoms with van der Waals surface area (Å²) in [6.07, 6.45) is 2.25. The van der Waals surface area contributed by atoms with Gasteiger partial charge < -0.3 is 20.5 Å². The first kappa shape index (κ1) is 26.0. The lowest BCUT2D eigenvalue weighted by Crippen LogP contribution is -2.16. The van der Waals surface area contributed by atoms with Gasteiger partial charge in [-0.3, -0.25) is 9.59 Å². The van der Waals surface area contributed by atoms with Crippen molar-refractivity contribution in [3.8, 4) is 5.75 Å². The molecular weight excluding hydrogens is 468 g/mol. The van der Waals surface area contributed by atoms with Crippen LogP contribution in [0.3, 0.4) is 0 Å². The lowest BCUT2D eigenvalue weighted by Gasteiger charge is -2.19. The number of benzene rings is 1. The van der Waals surface area contributed by atoms with Gasteiger partial charge in [-0.25, -0.2) is 9.48 Å². The second kappa shape index (κ2) is 10.7. The van der Waals surface area contributed by atoms with Gasteiger partial charge in [0.15, 0.2) is 12.4 Å². The van der Waals surface area contributed by atoms with Gasteiger partial charge in [-0.1, -0.05) is 39.8 Å². The molecule has 0 aliphatic carbocycles. The van der Waals surface area contributed by atoms with E-state index >= 15 is 0 Å². The molecule has 2 aromatic heterocycles. The predicted molar refractivity (Wildman–Crippen MR) is 134 cm³/mol. The van der Waals surface area contributed by atoms with E-state index in [1.165, 1.54) is 16.3 Å². The fourth-order valence-corrected chi connectivity index (χ4v) is 4.31. The fraction of sp³-hybridized carbons (Fsp3) is 0.360. The third-order valence-corrected chi connectivity index (χ3v) is 6.42. The number of amides is 2. The zero-order chi connectivity index (χ0) is 25.8. The summed E-state index contributed by atoms with van der Waals surface area (Å²) in [6, 6.07) is 9.36. The van der Waals surface area contributed by atoms with Crippen molar-refractivity contribution in [3.05, 3.63) is 63.8 Å². The molecule has 0 atom stereocenters. The normalized spacial score (nSPS) is 11.2. The molecule has 2 heterocycles. The van der Waals surface area contributed by atoms with E-state index in [4.69, 9.17) is 15.2 Å². The largest absolute Gasteiger partial charge is 0.471 e. The van der Waals surface area contributed by atoms with Gasteiger partial charge in [-0.05, 0) is 48.1 Å². The highest BCUT2D eigenvalue weighted by molar-refractivity contribution is 7.18. The van der Waals surface area contributed by atoms with Crippen LogP contribution in [0.4, 0.5) is 5.00 Å². The van der Waals surface area contributed by atoms with E-state index in [9.17, 15) is 14.4 Å². The first-order valence-electron chi connectivity index (χ1n) is 11.2. The van der Waals surface area contributed by atoms with Crippen molar-refractivity contribution in [1.82, 2.24) is 9.78 Å². The van der Waals surface area contributed by atoms with E-state index in [1.54, 1.807) is 13.1 Å². The van der Waals surface area contributed by atoms with E-state index in [0.717, 1.165) is 11.3 Å². The highest BCUT2D eigenvalue weighted by atomic mass is 32.1. The highest BCUT2D eigenvalue weighted by Gasteiger charge is 2.26. The number of carbonyl (C=O) groups excluding carboxylic acids is 3. The average Bonchev–Trinajstić information content (AvgIpc) is 3.40. The SMILES string of the molecule is CCCOC(=O)c1c(NC(=O)c2ccn(COc3ccc(C(C)(C)C)cc3)n2)sc(C(N)=O)c1C. The van der Waals surface area contributed by atoms with Crippen LogP contribution in [-0.2, 0) is 16.9 Å². The van der Waals surface area contributed by atoms with E-state index < -0.39 is 17.8 Å². The standard InChI is InChI=1S/C25H30N4O5S/c1-6-13-33-24(32)19-15(2)20(21(26)30)35-23(19)27-22(31)18-11-12-29(28-18)14-34-17-9-7-16(8-10-17)25(3,4)5/h7-12H,6,13-14H2,1-5H3,(H2,26,30)(H,27,31). The van der Waals surface area contributed by atoms with Crippen molar-refractivity contribution in [1.29, 1.82) is 0 Å². The molecular formula is C25H30N4O5S. The molecule has 0 saturated carbocycles. The topological polar surface area (TPSA) is 126 Å². The van der Waals surface area contributed by atoms with Crippen molar-refractivity contribution >= 4 is 34.1 Å². The lowest BCUT2D eigenvalue weighted by atomic mass is 9.87. The van der Waals surface area contributed by atoms with Gasteiger partial charge in [0.25, 0.3) is 11.8 Å². The van der Waals surface area contributed by atoms with Gasteiger partial charge in [0, 0.05) is 6.20 Å². The Balaban J connectivity index is 1.70. The summed E-state index contributed by atoms with van der Waals surface area (Å²) in [5.74, 6) is -1.17. The molecule has 0 saturated heterocycles. The Hall–Kier alpha value is -3.66. The van der Waals surface area contributed by atoms with Crippen molar-refractivity contribution in [3.63, 3.8) is 0 Å². The smallest absolute Gasteiger partial charge is 0.341 e. The van der Waals surface area contributed by atoms with Crippen molar-refractivity contribution in [2.75, 3.05) is 11.9 Å². The fourth-order valence-electron chi connectivity index (χ4n) is 3.26. The van der Waals surface area contributed by atoms with Crippen LogP contribution in [0.25, 0.3) is 0 Å². The third kappa shape index (κ3) is 6.27. The van der Waals surface area contributed by atoms with Crippen molar-refractivity contribution in [2.24, 2.45) is 5.73 Å². The molecule has 0 spiro atoms. The van der Waals surface area contributed by atoms with Gasteiger partial charge in [0.2, 0.25) is 0 Å². The molecule has 186 valence electrons. The van der Waals surface area contributed by atoms with E-state index in [1.807, 2.05) is 31.2 Å². The number of nitrogens with two attached hydrogens (primary N) is 1. The van der Waals surface area contributed by atoms with Gasteiger partial charge in [-0.2, -0.15) is 5.10 Å². The van der Waals surface area contributed by atoms with Crippen LogP contribution >= 0.6 is 11.3 Å². The Labute approximate surface area is 208 Å². The van der Waals surface area contributed by atoms with Crippen LogP contribution in [0.2, 0.25) is 0 Å². The van der Waals surface area contributed by atoms with Crippen molar-refractivity contribution < 1.29 is 23.9 Å². The molecule has 2 amide bonds. The van der Waals surface area contributed by atoms with Crippen LogP contribution in [0.5, 0.6) is 5.75 Å². The molecule has 10 heteroatoms. The zero-order valence-electron chi connectivity index (χ0n) is 20.5. The summed E-state index contributed by atoms with van der Waals surface area (Å²) in [5.41, 5.74) is 7.29. The number of hydrogen-bond acceptors (Lipinski definition) is 7. The predicted octanol–water partition coefficient (Wildman–Crippen LogP) is 4.51. The number of nitrogens with one attached hydrogen (secondary N) is 1. The number of aromatic nitrogens is 2. The highest BCUT2D eigenvalue weighted by Crippen LogP contribution is 2.34. The van der Waals surface area contributed by atoms with Crippen LogP contribution in [0.1, 0.15) is 75.8 Å². The Morgan fingerprint density at radius 3 is 2.43 bits per heavy atom. The monoisotopic (exact) mass is 498 g/mol. The van der Waals surface area contributed by atoms with Crippen LogP contribution in [0.15, 0.2) is 36.5 Å². The number of nitrogens with zero attached hydrogens (tertiary/aromatic N) is 2. The maximum atomic E-state index is 12.8. The molecule has 0 fully saturated rings. The number of carbonyl (C=O) groups is 3. The van der Waals surface area contributed by atoms with Crippen LogP contribution in [-0.4, -0.2) is 34.2 Å². The summed E-state index contributed by atoms with van der Waals surface area (Å²) in [4.78, 5) is 37.3. The minimum absolute atomic E-state index is 0.0503. The zero-order valence-corrected chi connectivity index (χ0v) is 21.3. The number of anilines is 1. The summed E-state index contributed by atoms with van der Waals surface area (Å²) >= 11 is 0.929. The van der Waals surface area contributed by atoms with E-state index in [0.29, 0.717) is 17.7 Å². The number of thiophene rings is 1. The minimum atomic E-state index is -0.686. The Morgan fingerprint density at radius 1 is 1.14 bits per heavy atom. The lowest BCUT2D eigenvalue weighted by molar-refractivity contribution is 0.0506. The summed E-state index contributed by atoms with van der Waals surface area (Å²) in [6.45, 7) is 10.2. The molecule has 0 unspecified atom stereocenters. The molecule has 3 rings (SSSR count). The Bertz CT molecular complexity index is 1220. The summed E-state index contributed by atoms with van der Waals surface area (Å²) in [7, 11) is 0. The molecule has 35 heavy (non-hydrogen) atoms. The quantitative estimate of drug-likeness (QED) is 0.418. The molecule has 0 aliphatic heterocycles. The Morgan fingerprint density at radius 2 is 1.83 bits per heavy atom. The summed E-state index contributed by atoms with van der Waals surface area (Å²) in [5, 5.41) is 7.09. The maximum Gasteiger partial charge on any atom is 0.341 e. The number of hydrogen-bond donors (Lipinski definition) is 2. The average molecular weight is 499 g/mol. The molecule has 3 aromatic rings. The van der Waals surface area contributed by atoms with E-state index in [-0.39, 0.29) is 39.9 Å². The molecule has 3 N–H and O–H groups in total. The molecule has 0 bridgehead atoms. The summed E-state index contributed by atoms with van der Waals surface area (Å²) < 4.78 is 12.5. The molecule has 9 nitrogen and oxygen atoms in total. The second-order valence-corrected chi connectivity index (χ2v) is 10.0. The first-order valence-corrected chi connectivity index (χ1v) is 12.0. The number of ether oxygens (including phenoxy) is 2. The first-order chi connectivity index (χ1) is 16.5. The van der Waals surface area contributed by atoms with Gasteiger partial charge in [-0.15, -0.1) is 11.3 Å². The number of esters is 1.